The van der Waals surface area contributed by atoms with Gasteiger partial charge in [-0.25, -0.2) is 0 Å². The van der Waals surface area contributed by atoms with Crippen molar-refractivity contribution in [3.63, 3.8) is 0 Å². The second-order valence-corrected chi connectivity index (χ2v) is 5.77. The number of pyridine rings is 1. The van der Waals surface area contributed by atoms with Crippen molar-refractivity contribution in [3.05, 3.63) is 58.4 Å². The summed E-state index contributed by atoms with van der Waals surface area (Å²) in [4.78, 5) is 28.0. The number of hydrogen-bond donors (Lipinski definition) is 2. The van der Waals surface area contributed by atoms with Crippen molar-refractivity contribution in [2.45, 2.75) is 19.5 Å². The highest BCUT2D eigenvalue weighted by Crippen LogP contribution is 2.33. The maximum Gasteiger partial charge on any atom is 0.416 e. The third-order valence-electron chi connectivity index (χ3n) is 3.34. The van der Waals surface area contributed by atoms with Gasteiger partial charge in [-0.2, -0.15) is 13.2 Å². The van der Waals surface area contributed by atoms with Crippen LogP contribution in [0, 0.1) is 0 Å². The van der Waals surface area contributed by atoms with Crippen LogP contribution in [0.2, 0.25) is 5.02 Å². The van der Waals surface area contributed by atoms with Crippen LogP contribution in [0.15, 0.2) is 36.7 Å². The van der Waals surface area contributed by atoms with Crippen molar-refractivity contribution in [1.29, 1.82) is 0 Å². The monoisotopic (exact) mass is 385 g/mol. The van der Waals surface area contributed by atoms with E-state index in [1.54, 1.807) is 0 Å². The number of carbonyl (C=O) groups is 2. The highest BCUT2D eigenvalue weighted by molar-refractivity contribution is 6.34. The number of benzene rings is 1. The predicted molar refractivity (Wildman–Crippen MR) is 91.3 cm³/mol. The minimum absolute atomic E-state index is 0.0163. The Morgan fingerprint density at radius 2 is 1.77 bits per heavy atom. The first-order valence-corrected chi connectivity index (χ1v) is 8.01. The first-order chi connectivity index (χ1) is 12.2. The molecular weight excluding hydrogens is 371 g/mol. The van der Waals surface area contributed by atoms with E-state index < -0.39 is 23.6 Å². The largest absolute Gasteiger partial charge is 0.416 e. The van der Waals surface area contributed by atoms with Gasteiger partial charge in [-0.05, 0) is 30.7 Å². The molecule has 1 aromatic heterocycles. The zero-order valence-corrected chi connectivity index (χ0v) is 14.4. The van der Waals surface area contributed by atoms with Gasteiger partial charge in [-0.1, -0.05) is 18.5 Å². The fourth-order valence-corrected chi connectivity index (χ4v) is 2.19. The van der Waals surface area contributed by atoms with E-state index in [0.29, 0.717) is 6.54 Å². The summed E-state index contributed by atoms with van der Waals surface area (Å²) in [7, 11) is 0. The van der Waals surface area contributed by atoms with Crippen molar-refractivity contribution in [2.24, 2.45) is 0 Å². The van der Waals surface area contributed by atoms with Crippen LogP contribution in [0.4, 0.5) is 18.9 Å². The SMILES string of the molecule is CCCNC(=O)c1cncc(C(=O)Nc2cc(C(F)(F)F)ccc2Cl)c1. The Labute approximate surface area is 152 Å². The number of halogens is 4. The Morgan fingerprint density at radius 1 is 1.12 bits per heavy atom. The van der Waals surface area contributed by atoms with Crippen LogP contribution in [0.1, 0.15) is 39.6 Å². The topological polar surface area (TPSA) is 71.1 Å². The summed E-state index contributed by atoms with van der Waals surface area (Å²) in [6.07, 6.45) is -1.33. The number of aromatic nitrogens is 1. The van der Waals surface area contributed by atoms with E-state index in [2.05, 4.69) is 15.6 Å². The van der Waals surface area contributed by atoms with Crippen LogP contribution >= 0.6 is 11.6 Å². The van der Waals surface area contributed by atoms with E-state index in [1.165, 1.54) is 18.5 Å². The number of amides is 2. The standard InChI is InChI=1S/C17H15ClF3N3O2/c1-2-5-23-15(25)10-6-11(9-22-8-10)16(26)24-14-7-12(17(19,20)21)3-4-13(14)18/h3-4,6-9H,2,5H2,1H3,(H,23,25)(H,24,26). The number of carbonyl (C=O) groups excluding carboxylic acids is 2. The average Bonchev–Trinajstić information content (AvgIpc) is 2.60. The van der Waals surface area contributed by atoms with Gasteiger partial charge in [0.05, 0.1) is 27.4 Å². The van der Waals surface area contributed by atoms with Crippen LogP contribution in [0.3, 0.4) is 0 Å². The number of nitrogens with one attached hydrogen (secondary N) is 2. The summed E-state index contributed by atoms with van der Waals surface area (Å²) in [5, 5.41) is 4.90. The van der Waals surface area contributed by atoms with Crippen molar-refractivity contribution in [3.8, 4) is 0 Å². The molecule has 1 aromatic carbocycles. The van der Waals surface area contributed by atoms with Crippen molar-refractivity contribution < 1.29 is 22.8 Å². The summed E-state index contributed by atoms with van der Waals surface area (Å²) in [5.41, 5.74) is -0.945. The minimum atomic E-state index is -4.57. The summed E-state index contributed by atoms with van der Waals surface area (Å²) < 4.78 is 38.4. The lowest BCUT2D eigenvalue weighted by molar-refractivity contribution is -0.137. The van der Waals surface area contributed by atoms with Crippen LogP contribution in [0.5, 0.6) is 0 Å². The van der Waals surface area contributed by atoms with Gasteiger partial charge in [0.15, 0.2) is 0 Å². The van der Waals surface area contributed by atoms with Gasteiger partial charge in [0.1, 0.15) is 0 Å². The zero-order chi connectivity index (χ0) is 19.3. The van der Waals surface area contributed by atoms with E-state index in [-0.39, 0.29) is 21.8 Å². The van der Waals surface area contributed by atoms with Crippen molar-refractivity contribution >= 4 is 29.1 Å². The molecule has 0 aliphatic heterocycles. The molecule has 0 spiro atoms. The van der Waals surface area contributed by atoms with E-state index in [9.17, 15) is 22.8 Å². The number of rotatable bonds is 5. The highest BCUT2D eigenvalue weighted by Gasteiger charge is 2.31. The summed E-state index contributed by atoms with van der Waals surface area (Å²) in [6.45, 7) is 2.36. The Hall–Kier alpha value is -2.61. The quantitative estimate of drug-likeness (QED) is 0.812. The second kappa shape index (κ2) is 8.18. The maximum absolute atomic E-state index is 12.8. The van der Waals surface area contributed by atoms with Gasteiger partial charge in [0, 0.05) is 18.9 Å². The fraction of sp³-hybridized carbons (Fsp3) is 0.235. The van der Waals surface area contributed by atoms with E-state index >= 15 is 0 Å². The molecule has 9 heteroatoms. The summed E-state index contributed by atoms with van der Waals surface area (Å²) >= 11 is 5.85. The molecule has 0 fully saturated rings. The molecule has 0 bridgehead atoms. The Morgan fingerprint density at radius 3 is 2.38 bits per heavy atom. The molecular formula is C17H15ClF3N3O2. The Bertz CT molecular complexity index is 825. The molecule has 2 N–H and O–H groups in total. The molecule has 2 amide bonds. The molecule has 0 aliphatic rings. The van der Waals surface area contributed by atoms with Gasteiger partial charge < -0.3 is 10.6 Å². The molecule has 0 unspecified atom stereocenters. The average molecular weight is 386 g/mol. The second-order valence-electron chi connectivity index (χ2n) is 5.36. The third kappa shape index (κ3) is 4.95. The Kier molecular flexibility index (Phi) is 6.20. The maximum atomic E-state index is 12.8. The number of nitrogens with zero attached hydrogens (tertiary/aromatic N) is 1. The molecule has 0 atom stereocenters. The minimum Gasteiger partial charge on any atom is -0.352 e. The molecule has 5 nitrogen and oxygen atoms in total. The predicted octanol–water partition coefficient (Wildman–Crippen LogP) is 4.15. The zero-order valence-electron chi connectivity index (χ0n) is 13.7. The number of hydrogen-bond acceptors (Lipinski definition) is 3. The van der Waals surface area contributed by atoms with Crippen molar-refractivity contribution in [2.75, 3.05) is 11.9 Å². The van der Waals surface area contributed by atoms with Gasteiger partial charge in [0.25, 0.3) is 11.8 Å². The molecule has 26 heavy (non-hydrogen) atoms. The Balaban J connectivity index is 2.22. The van der Waals surface area contributed by atoms with Crippen LogP contribution in [0.25, 0.3) is 0 Å². The van der Waals surface area contributed by atoms with E-state index in [1.807, 2.05) is 6.92 Å². The smallest absolute Gasteiger partial charge is 0.352 e. The van der Waals surface area contributed by atoms with Gasteiger partial charge in [-0.3, -0.25) is 14.6 Å². The number of anilines is 1. The van der Waals surface area contributed by atoms with Gasteiger partial charge in [-0.15, -0.1) is 0 Å². The molecule has 1 heterocycles. The highest BCUT2D eigenvalue weighted by atomic mass is 35.5. The molecule has 138 valence electrons. The summed E-state index contributed by atoms with van der Waals surface area (Å²) in [6, 6.07) is 3.91. The van der Waals surface area contributed by atoms with Gasteiger partial charge >= 0.3 is 6.18 Å². The molecule has 0 aliphatic carbocycles. The van der Waals surface area contributed by atoms with Crippen molar-refractivity contribution in [1.82, 2.24) is 10.3 Å². The third-order valence-corrected chi connectivity index (χ3v) is 3.67. The van der Waals surface area contributed by atoms with Gasteiger partial charge in [0.2, 0.25) is 0 Å². The van der Waals surface area contributed by atoms with Crippen LogP contribution < -0.4 is 10.6 Å². The lowest BCUT2D eigenvalue weighted by Gasteiger charge is -2.12. The van der Waals surface area contributed by atoms with E-state index in [4.69, 9.17) is 11.6 Å². The van der Waals surface area contributed by atoms with Crippen LogP contribution in [-0.2, 0) is 6.18 Å². The fourth-order valence-electron chi connectivity index (χ4n) is 2.02. The molecule has 0 saturated carbocycles. The molecule has 0 saturated heterocycles. The first-order valence-electron chi connectivity index (χ1n) is 7.63. The molecule has 2 rings (SSSR count). The normalized spacial score (nSPS) is 11.1. The summed E-state index contributed by atoms with van der Waals surface area (Å²) in [5.74, 6) is -1.13. The molecule has 0 radical (unpaired) electrons. The van der Waals surface area contributed by atoms with Crippen LogP contribution in [-0.4, -0.2) is 23.3 Å². The lowest BCUT2D eigenvalue weighted by Crippen LogP contribution is -2.24. The lowest BCUT2D eigenvalue weighted by atomic mass is 10.1. The number of alkyl halides is 3. The van der Waals surface area contributed by atoms with E-state index in [0.717, 1.165) is 24.6 Å². The first kappa shape index (κ1) is 19.7. The molecule has 2 aromatic rings.